The number of halogens is 1. The van der Waals surface area contributed by atoms with E-state index in [4.69, 9.17) is 9.47 Å². The van der Waals surface area contributed by atoms with Gasteiger partial charge in [-0.25, -0.2) is 0 Å². The maximum absolute atomic E-state index is 5.71. The minimum absolute atomic E-state index is 0.320. The van der Waals surface area contributed by atoms with Gasteiger partial charge in [0.15, 0.2) is 0 Å². The van der Waals surface area contributed by atoms with Crippen LogP contribution in [0, 0.1) is 0 Å². The molecule has 2 aliphatic heterocycles. The Kier molecular flexibility index (Phi) is 3.01. The number of benzene rings is 1. The van der Waals surface area contributed by atoms with Crippen LogP contribution in [0.3, 0.4) is 0 Å². The Morgan fingerprint density at radius 3 is 2.94 bits per heavy atom. The fraction of sp³-hybridized carbons (Fsp3) is 0.538. The van der Waals surface area contributed by atoms with Gasteiger partial charge in [0.2, 0.25) is 0 Å². The Morgan fingerprint density at radius 1 is 1.25 bits per heavy atom. The second kappa shape index (κ2) is 4.47. The topological polar surface area (TPSA) is 18.5 Å². The summed E-state index contributed by atoms with van der Waals surface area (Å²) in [6.45, 7) is 2.43. The Hall–Kier alpha value is -0.380. The molecule has 2 atom stereocenters. The molecule has 2 aliphatic rings. The molecule has 1 saturated heterocycles. The first-order chi connectivity index (χ1) is 7.84. The van der Waals surface area contributed by atoms with E-state index in [1.54, 1.807) is 0 Å². The largest absolute Gasteiger partial charge is 0.377 e. The predicted octanol–water partition coefficient (Wildman–Crippen LogP) is 3.33. The first-order valence-corrected chi connectivity index (χ1v) is 6.71. The number of fused-ring (bicyclic) bond motifs is 1. The van der Waals surface area contributed by atoms with Crippen molar-refractivity contribution in [3.05, 3.63) is 34.9 Å². The molecule has 0 radical (unpaired) electrons. The van der Waals surface area contributed by atoms with Crippen LogP contribution in [0.25, 0.3) is 0 Å². The molecular weight excluding hydrogens is 268 g/mol. The number of alkyl halides is 1. The molecule has 1 aromatic rings. The molecule has 0 aliphatic carbocycles. The summed E-state index contributed by atoms with van der Waals surface area (Å²) in [4.78, 5) is 0.320. The standard InChI is InChI=1S/C13H15BrO2/c14-13(12-2-1-5-16-12)9-3-4-10-7-15-8-11(10)6-9/h3-4,6,12-13H,1-2,5,7-8H2. The van der Waals surface area contributed by atoms with E-state index in [1.807, 2.05) is 0 Å². The lowest BCUT2D eigenvalue weighted by molar-refractivity contribution is 0.110. The number of rotatable bonds is 2. The van der Waals surface area contributed by atoms with Gasteiger partial charge in [-0.05, 0) is 29.5 Å². The van der Waals surface area contributed by atoms with Crippen molar-refractivity contribution >= 4 is 15.9 Å². The number of hydrogen-bond acceptors (Lipinski definition) is 2. The van der Waals surface area contributed by atoms with Crippen molar-refractivity contribution in [3.8, 4) is 0 Å². The lowest BCUT2D eigenvalue weighted by Gasteiger charge is -2.17. The average molecular weight is 283 g/mol. The molecule has 3 rings (SSSR count). The van der Waals surface area contributed by atoms with E-state index in [1.165, 1.54) is 23.1 Å². The van der Waals surface area contributed by atoms with Crippen molar-refractivity contribution in [3.63, 3.8) is 0 Å². The van der Waals surface area contributed by atoms with E-state index in [-0.39, 0.29) is 0 Å². The van der Waals surface area contributed by atoms with Crippen molar-refractivity contribution in [1.29, 1.82) is 0 Å². The highest BCUT2D eigenvalue weighted by molar-refractivity contribution is 9.09. The molecule has 0 aromatic heterocycles. The molecule has 2 nitrogen and oxygen atoms in total. The van der Waals surface area contributed by atoms with Gasteiger partial charge in [-0.15, -0.1) is 0 Å². The molecule has 1 fully saturated rings. The zero-order chi connectivity index (χ0) is 11.0. The third kappa shape index (κ3) is 1.92. The molecule has 1 aromatic carbocycles. The second-order valence-electron chi connectivity index (χ2n) is 4.47. The van der Waals surface area contributed by atoms with Crippen LogP contribution in [0.2, 0.25) is 0 Å². The lowest BCUT2D eigenvalue weighted by atomic mass is 10.0. The van der Waals surface area contributed by atoms with E-state index in [0.29, 0.717) is 10.9 Å². The summed E-state index contributed by atoms with van der Waals surface area (Å²) in [5, 5.41) is 0. The highest BCUT2D eigenvalue weighted by Gasteiger charge is 2.26. The summed E-state index contributed by atoms with van der Waals surface area (Å²) in [7, 11) is 0. The molecule has 2 heterocycles. The first kappa shape index (κ1) is 10.8. The molecule has 16 heavy (non-hydrogen) atoms. The maximum Gasteiger partial charge on any atom is 0.0741 e. The first-order valence-electron chi connectivity index (χ1n) is 5.80. The van der Waals surface area contributed by atoms with Gasteiger partial charge >= 0.3 is 0 Å². The van der Waals surface area contributed by atoms with Crippen molar-refractivity contribution < 1.29 is 9.47 Å². The lowest BCUT2D eigenvalue weighted by Crippen LogP contribution is -2.12. The van der Waals surface area contributed by atoms with Gasteiger partial charge in [0, 0.05) is 6.61 Å². The fourth-order valence-corrected chi connectivity index (χ4v) is 3.11. The van der Waals surface area contributed by atoms with Gasteiger partial charge < -0.3 is 9.47 Å². The van der Waals surface area contributed by atoms with E-state index in [9.17, 15) is 0 Å². The molecule has 86 valence electrons. The van der Waals surface area contributed by atoms with Crippen LogP contribution in [0.4, 0.5) is 0 Å². The summed E-state index contributed by atoms with van der Waals surface area (Å²) in [5.74, 6) is 0. The average Bonchev–Trinajstić information content (AvgIpc) is 2.98. The van der Waals surface area contributed by atoms with Crippen LogP contribution < -0.4 is 0 Å². The van der Waals surface area contributed by atoms with Gasteiger partial charge in [0.25, 0.3) is 0 Å². The molecule has 2 unspecified atom stereocenters. The summed E-state index contributed by atoms with van der Waals surface area (Å²) < 4.78 is 11.1. The Labute approximate surface area is 104 Å². The summed E-state index contributed by atoms with van der Waals surface area (Å²) in [6, 6.07) is 6.62. The van der Waals surface area contributed by atoms with Gasteiger partial charge in [-0.3, -0.25) is 0 Å². The summed E-state index contributed by atoms with van der Waals surface area (Å²) in [5.41, 5.74) is 3.98. The van der Waals surface area contributed by atoms with E-state index in [0.717, 1.165) is 26.2 Å². The van der Waals surface area contributed by atoms with E-state index in [2.05, 4.69) is 34.1 Å². The third-order valence-corrected chi connectivity index (χ3v) is 4.47. The molecule has 0 amide bonds. The van der Waals surface area contributed by atoms with Crippen LogP contribution in [-0.4, -0.2) is 12.7 Å². The highest BCUT2D eigenvalue weighted by atomic mass is 79.9. The Morgan fingerprint density at radius 2 is 2.12 bits per heavy atom. The highest BCUT2D eigenvalue weighted by Crippen LogP contribution is 2.35. The van der Waals surface area contributed by atoms with Crippen LogP contribution in [0.15, 0.2) is 18.2 Å². The SMILES string of the molecule is BrC(c1ccc2c(c1)COC2)C1CCCO1. The molecule has 3 heteroatoms. The van der Waals surface area contributed by atoms with Gasteiger partial charge in [-0.2, -0.15) is 0 Å². The minimum Gasteiger partial charge on any atom is -0.377 e. The van der Waals surface area contributed by atoms with Crippen LogP contribution in [-0.2, 0) is 22.7 Å². The Balaban J connectivity index is 1.83. The van der Waals surface area contributed by atoms with Crippen LogP contribution in [0.5, 0.6) is 0 Å². The quantitative estimate of drug-likeness (QED) is 0.775. The zero-order valence-corrected chi connectivity index (χ0v) is 10.7. The number of hydrogen-bond donors (Lipinski definition) is 0. The Bertz CT molecular complexity index is 386. The van der Waals surface area contributed by atoms with Gasteiger partial charge in [0.05, 0.1) is 24.1 Å². The van der Waals surface area contributed by atoms with Crippen molar-refractivity contribution in [2.75, 3.05) is 6.61 Å². The monoisotopic (exact) mass is 282 g/mol. The summed E-state index contributed by atoms with van der Waals surface area (Å²) >= 11 is 3.76. The van der Waals surface area contributed by atoms with E-state index < -0.39 is 0 Å². The van der Waals surface area contributed by atoms with Gasteiger partial charge in [0.1, 0.15) is 0 Å². The van der Waals surface area contributed by atoms with Crippen molar-refractivity contribution in [1.82, 2.24) is 0 Å². The van der Waals surface area contributed by atoms with E-state index >= 15 is 0 Å². The molecule has 0 spiro atoms. The normalized spacial score (nSPS) is 25.7. The van der Waals surface area contributed by atoms with Gasteiger partial charge in [-0.1, -0.05) is 34.1 Å². The van der Waals surface area contributed by atoms with Crippen LogP contribution >= 0.6 is 15.9 Å². The summed E-state index contributed by atoms with van der Waals surface area (Å²) in [6.07, 6.45) is 2.67. The van der Waals surface area contributed by atoms with Crippen LogP contribution in [0.1, 0.15) is 34.4 Å². The minimum atomic E-state index is 0.320. The fourth-order valence-electron chi connectivity index (χ4n) is 2.41. The zero-order valence-electron chi connectivity index (χ0n) is 9.12. The maximum atomic E-state index is 5.71. The van der Waals surface area contributed by atoms with Crippen molar-refractivity contribution in [2.24, 2.45) is 0 Å². The predicted molar refractivity (Wildman–Crippen MR) is 65.6 cm³/mol. The molecule has 0 N–H and O–H groups in total. The molecular formula is C13H15BrO2. The smallest absolute Gasteiger partial charge is 0.0741 e. The number of ether oxygens (including phenoxy) is 2. The molecule has 0 bridgehead atoms. The second-order valence-corrected chi connectivity index (χ2v) is 5.46. The molecule has 0 saturated carbocycles. The van der Waals surface area contributed by atoms with Crippen molar-refractivity contribution in [2.45, 2.75) is 37.0 Å². The third-order valence-electron chi connectivity index (χ3n) is 3.36.